The third-order valence-electron chi connectivity index (χ3n) is 3.07. The third kappa shape index (κ3) is 2.43. The monoisotopic (exact) mass is 220 g/mol. The summed E-state index contributed by atoms with van der Waals surface area (Å²) in [5, 5.41) is 0. The Labute approximate surface area is 95.3 Å². The molecule has 0 radical (unpaired) electrons. The van der Waals surface area contributed by atoms with E-state index in [2.05, 4.69) is 32.0 Å². The fourth-order valence-corrected chi connectivity index (χ4v) is 3.04. The Morgan fingerprint density at radius 1 is 1.33 bits per heavy atom. The predicted molar refractivity (Wildman–Crippen MR) is 65.4 cm³/mol. The lowest BCUT2D eigenvalue weighted by Crippen LogP contribution is -2.14. The van der Waals surface area contributed by atoms with Crippen molar-refractivity contribution in [1.82, 2.24) is 0 Å². The number of hydrogen-bond donors (Lipinski definition) is 0. The minimum absolute atomic E-state index is 0.261. The predicted octanol–water partition coefficient (Wildman–Crippen LogP) is 2.78. The molecule has 1 aromatic rings. The highest BCUT2D eigenvalue weighted by Crippen LogP contribution is 2.24. The molecule has 15 heavy (non-hydrogen) atoms. The van der Waals surface area contributed by atoms with Crippen LogP contribution in [0.15, 0.2) is 18.2 Å². The van der Waals surface area contributed by atoms with Gasteiger partial charge >= 0.3 is 0 Å². The van der Waals surface area contributed by atoms with Crippen LogP contribution in [-0.4, -0.2) is 17.3 Å². The van der Waals surface area contributed by atoms with Crippen molar-refractivity contribution in [2.24, 2.45) is 5.92 Å². The SMILES string of the molecule is Cc1ccc(CC2CSCC2=O)cc1C. The molecular formula is C13H16OS. The largest absolute Gasteiger partial charge is 0.298 e. The smallest absolute Gasteiger partial charge is 0.146 e. The van der Waals surface area contributed by atoms with Crippen molar-refractivity contribution in [2.75, 3.05) is 11.5 Å². The van der Waals surface area contributed by atoms with Crippen LogP contribution in [-0.2, 0) is 11.2 Å². The Kier molecular flexibility index (Phi) is 3.15. The molecule has 2 rings (SSSR count). The Morgan fingerprint density at radius 2 is 2.13 bits per heavy atom. The summed E-state index contributed by atoms with van der Waals surface area (Å²) in [6, 6.07) is 6.52. The van der Waals surface area contributed by atoms with Crippen LogP contribution in [0.2, 0.25) is 0 Å². The molecule has 0 aromatic heterocycles. The van der Waals surface area contributed by atoms with E-state index in [-0.39, 0.29) is 5.92 Å². The first-order chi connectivity index (χ1) is 7.16. The summed E-state index contributed by atoms with van der Waals surface area (Å²) in [6.07, 6.45) is 0.924. The van der Waals surface area contributed by atoms with Gasteiger partial charge in [-0.3, -0.25) is 4.79 Å². The van der Waals surface area contributed by atoms with E-state index in [4.69, 9.17) is 0 Å². The van der Waals surface area contributed by atoms with Crippen molar-refractivity contribution in [2.45, 2.75) is 20.3 Å². The maximum atomic E-state index is 11.5. The number of carbonyl (C=O) groups excluding carboxylic acids is 1. The number of benzene rings is 1. The van der Waals surface area contributed by atoms with Crippen LogP contribution in [0, 0.1) is 19.8 Å². The third-order valence-corrected chi connectivity index (χ3v) is 4.20. The molecule has 1 aliphatic rings. The second kappa shape index (κ2) is 4.40. The lowest BCUT2D eigenvalue weighted by atomic mass is 9.96. The first kappa shape index (κ1) is 10.7. The first-order valence-corrected chi connectivity index (χ1v) is 6.49. The van der Waals surface area contributed by atoms with E-state index in [0.29, 0.717) is 5.78 Å². The van der Waals surface area contributed by atoms with Crippen LogP contribution >= 0.6 is 11.8 Å². The van der Waals surface area contributed by atoms with Crippen molar-refractivity contribution in [3.05, 3.63) is 34.9 Å². The second-order valence-corrected chi connectivity index (χ2v) is 5.33. The second-order valence-electron chi connectivity index (χ2n) is 4.30. The Morgan fingerprint density at radius 3 is 2.73 bits per heavy atom. The van der Waals surface area contributed by atoms with Crippen LogP contribution in [0.1, 0.15) is 16.7 Å². The highest BCUT2D eigenvalue weighted by atomic mass is 32.2. The van der Waals surface area contributed by atoms with Crippen LogP contribution in [0.3, 0.4) is 0 Å². The van der Waals surface area contributed by atoms with Gasteiger partial charge < -0.3 is 0 Å². The number of hydrogen-bond acceptors (Lipinski definition) is 2. The normalized spacial score (nSPS) is 20.9. The fraction of sp³-hybridized carbons (Fsp3) is 0.462. The fourth-order valence-electron chi connectivity index (χ4n) is 1.90. The van der Waals surface area contributed by atoms with Crippen molar-refractivity contribution >= 4 is 17.5 Å². The summed E-state index contributed by atoms with van der Waals surface area (Å²) in [6.45, 7) is 4.25. The van der Waals surface area contributed by atoms with Gasteiger partial charge in [0.05, 0.1) is 5.75 Å². The van der Waals surface area contributed by atoms with E-state index in [1.165, 1.54) is 16.7 Å². The molecule has 1 unspecified atom stereocenters. The van der Waals surface area contributed by atoms with E-state index >= 15 is 0 Å². The van der Waals surface area contributed by atoms with Crippen molar-refractivity contribution in [1.29, 1.82) is 0 Å². The van der Waals surface area contributed by atoms with Crippen molar-refractivity contribution < 1.29 is 4.79 Å². The van der Waals surface area contributed by atoms with Crippen molar-refractivity contribution in [3.63, 3.8) is 0 Å². The summed E-state index contributed by atoms with van der Waals surface area (Å²) in [7, 11) is 0. The van der Waals surface area contributed by atoms with Gasteiger partial charge in [0, 0.05) is 11.7 Å². The molecule has 1 saturated heterocycles. The van der Waals surface area contributed by atoms with Crippen LogP contribution in [0.4, 0.5) is 0 Å². The molecule has 0 saturated carbocycles. The summed E-state index contributed by atoms with van der Waals surface area (Å²) in [5.41, 5.74) is 3.95. The molecule has 1 heterocycles. The van der Waals surface area contributed by atoms with Gasteiger partial charge in [-0.1, -0.05) is 18.2 Å². The number of aryl methyl sites for hydroxylation is 2. The topological polar surface area (TPSA) is 17.1 Å². The molecule has 80 valence electrons. The van der Waals surface area contributed by atoms with Gasteiger partial charge in [-0.2, -0.15) is 11.8 Å². The molecule has 0 aliphatic carbocycles. The summed E-state index contributed by atoms with van der Waals surface area (Å²) < 4.78 is 0. The zero-order valence-electron chi connectivity index (χ0n) is 9.25. The summed E-state index contributed by atoms with van der Waals surface area (Å²) in [5.74, 6) is 2.41. The number of Topliss-reactive ketones (excluding diaryl/α,β-unsaturated/α-hetero) is 1. The molecule has 1 aliphatic heterocycles. The minimum Gasteiger partial charge on any atom is -0.298 e. The number of thioether (sulfide) groups is 1. The van der Waals surface area contributed by atoms with E-state index < -0.39 is 0 Å². The number of carbonyl (C=O) groups is 1. The quantitative estimate of drug-likeness (QED) is 0.762. The Bertz CT molecular complexity index is 384. The summed E-state index contributed by atoms with van der Waals surface area (Å²) in [4.78, 5) is 11.5. The molecule has 0 bridgehead atoms. The highest BCUT2D eigenvalue weighted by Gasteiger charge is 2.24. The molecule has 2 heteroatoms. The Balaban J connectivity index is 2.10. The zero-order chi connectivity index (χ0) is 10.8. The van der Waals surface area contributed by atoms with Gasteiger partial charge in [0.1, 0.15) is 5.78 Å². The lowest BCUT2D eigenvalue weighted by molar-refractivity contribution is -0.119. The van der Waals surface area contributed by atoms with Gasteiger partial charge in [0.15, 0.2) is 0 Å². The highest BCUT2D eigenvalue weighted by molar-refractivity contribution is 8.00. The molecule has 1 nitrogen and oxygen atoms in total. The van der Waals surface area contributed by atoms with Gasteiger partial charge in [0.25, 0.3) is 0 Å². The van der Waals surface area contributed by atoms with Gasteiger partial charge in [-0.15, -0.1) is 0 Å². The van der Waals surface area contributed by atoms with E-state index in [1.807, 2.05) is 0 Å². The molecule has 1 fully saturated rings. The molecule has 0 amide bonds. The minimum atomic E-state index is 0.261. The van der Waals surface area contributed by atoms with Crippen LogP contribution < -0.4 is 0 Å². The molecular weight excluding hydrogens is 204 g/mol. The average molecular weight is 220 g/mol. The van der Waals surface area contributed by atoms with Crippen LogP contribution in [0.25, 0.3) is 0 Å². The van der Waals surface area contributed by atoms with Gasteiger partial charge in [-0.25, -0.2) is 0 Å². The average Bonchev–Trinajstić information content (AvgIpc) is 2.59. The van der Waals surface area contributed by atoms with E-state index in [9.17, 15) is 4.79 Å². The van der Waals surface area contributed by atoms with Crippen LogP contribution in [0.5, 0.6) is 0 Å². The number of rotatable bonds is 2. The zero-order valence-corrected chi connectivity index (χ0v) is 10.1. The Hall–Kier alpha value is -0.760. The number of ketones is 1. The first-order valence-electron chi connectivity index (χ1n) is 5.33. The van der Waals surface area contributed by atoms with Crippen molar-refractivity contribution in [3.8, 4) is 0 Å². The van der Waals surface area contributed by atoms with E-state index in [0.717, 1.165) is 17.9 Å². The molecule has 0 N–H and O–H groups in total. The van der Waals surface area contributed by atoms with Gasteiger partial charge in [0.2, 0.25) is 0 Å². The standard InChI is InChI=1S/C13H16OS/c1-9-3-4-11(5-10(9)2)6-12-7-15-8-13(12)14/h3-5,12H,6-8H2,1-2H3. The molecule has 1 aromatic carbocycles. The maximum Gasteiger partial charge on any atom is 0.146 e. The maximum absolute atomic E-state index is 11.5. The molecule has 0 spiro atoms. The lowest BCUT2D eigenvalue weighted by Gasteiger charge is -2.09. The van der Waals surface area contributed by atoms with E-state index in [1.54, 1.807) is 11.8 Å². The summed E-state index contributed by atoms with van der Waals surface area (Å²) >= 11 is 1.77. The van der Waals surface area contributed by atoms with Gasteiger partial charge in [-0.05, 0) is 37.0 Å². The molecule has 1 atom stereocenters.